The first kappa shape index (κ1) is 39.0. The third kappa shape index (κ3) is 6.14. The van der Waals surface area contributed by atoms with Gasteiger partial charge in [0.05, 0.1) is 17.0 Å². The molecule has 2 heterocycles. The molecule has 310 valence electrons. The molecule has 5 nitrogen and oxygen atoms in total. The van der Waals surface area contributed by atoms with Gasteiger partial charge in [0.15, 0.2) is 17.5 Å². The average Bonchev–Trinajstić information content (AvgIpc) is 3.81. The van der Waals surface area contributed by atoms with E-state index in [0.29, 0.717) is 23.0 Å². The smallest absolute Gasteiger partial charge is 0.164 e. The Morgan fingerprint density at radius 3 is 1.47 bits per heavy atom. The molecule has 0 N–H and O–H groups in total. The molecule has 5 heteroatoms. The Morgan fingerprint density at radius 2 is 0.864 bits per heavy atom. The van der Waals surface area contributed by atoms with Gasteiger partial charge in [-0.3, -0.25) is 4.98 Å². The summed E-state index contributed by atoms with van der Waals surface area (Å²) in [5.74, 6) is 1.81. The van der Waals surface area contributed by atoms with Crippen molar-refractivity contribution < 1.29 is 0 Å². The summed E-state index contributed by atoms with van der Waals surface area (Å²) in [5.41, 5.74) is 18.7. The van der Waals surface area contributed by atoms with Crippen molar-refractivity contribution in [2.24, 2.45) is 0 Å². The van der Waals surface area contributed by atoms with Crippen molar-refractivity contribution in [1.29, 1.82) is 5.26 Å². The van der Waals surface area contributed by atoms with Crippen molar-refractivity contribution in [1.82, 2.24) is 19.9 Å². The van der Waals surface area contributed by atoms with Gasteiger partial charge in [-0.2, -0.15) is 5.26 Å². The molecule has 0 fully saturated rings. The highest BCUT2D eigenvalue weighted by Crippen LogP contribution is 2.57. The van der Waals surface area contributed by atoms with Crippen LogP contribution in [-0.4, -0.2) is 19.9 Å². The first-order valence-corrected chi connectivity index (χ1v) is 22.3. The highest BCUT2D eigenvalue weighted by molar-refractivity contribution is 5.90. The van der Waals surface area contributed by atoms with E-state index in [2.05, 4.69) is 147 Å². The monoisotopic (exact) mass is 843 g/mol. The lowest BCUT2D eigenvalue weighted by Gasteiger charge is -2.33. The fraction of sp³-hybridized carbons (Fsp3) is 0.0656. The highest BCUT2D eigenvalue weighted by atomic mass is 15.0. The summed E-state index contributed by atoms with van der Waals surface area (Å²) in [6.45, 7) is 4.52. The number of hydrogen-bond acceptors (Lipinski definition) is 5. The topological polar surface area (TPSA) is 75.3 Å². The minimum atomic E-state index is -0.604. The lowest BCUT2D eigenvalue weighted by atomic mass is 9.68. The van der Waals surface area contributed by atoms with E-state index in [0.717, 1.165) is 44.5 Å². The quantitative estimate of drug-likeness (QED) is 0.160. The van der Waals surface area contributed by atoms with E-state index in [1.807, 2.05) is 85.2 Å². The maximum Gasteiger partial charge on any atom is 0.164 e. The van der Waals surface area contributed by atoms with Crippen molar-refractivity contribution in [2.75, 3.05) is 0 Å². The van der Waals surface area contributed by atoms with E-state index in [4.69, 9.17) is 19.9 Å². The van der Waals surface area contributed by atoms with Crippen molar-refractivity contribution in [3.63, 3.8) is 0 Å². The van der Waals surface area contributed by atoms with Crippen LogP contribution >= 0.6 is 0 Å². The first-order chi connectivity index (χ1) is 32.4. The lowest BCUT2D eigenvalue weighted by molar-refractivity contribution is 0.660. The zero-order chi connectivity index (χ0) is 44.4. The molecule has 10 aromatic rings. The van der Waals surface area contributed by atoms with E-state index < -0.39 is 5.41 Å². The molecule has 0 aliphatic heterocycles. The molecule has 0 bridgehead atoms. The van der Waals surface area contributed by atoms with Crippen LogP contribution in [0.25, 0.3) is 78.7 Å². The highest BCUT2D eigenvalue weighted by Gasteiger charge is 2.46. The van der Waals surface area contributed by atoms with Crippen LogP contribution in [0.3, 0.4) is 0 Å². The maximum atomic E-state index is 9.83. The SMILES string of the molecule is CC1(C)c2cc(C#N)ccc2-c2ccc(-c3cc(-c4ccc5c(c4)C(c4ccccc4)(c4cccnc4)c4ccccc4-5)cc(-c4nc(-c5ccccc5)nc(-c5ccccc5)n4)c3)cc21. The molecule has 2 aromatic heterocycles. The summed E-state index contributed by atoms with van der Waals surface area (Å²) in [4.78, 5) is 20.2. The molecule has 8 aromatic carbocycles. The first-order valence-electron chi connectivity index (χ1n) is 22.3. The van der Waals surface area contributed by atoms with Crippen LogP contribution in [0.1, 0.15) is 52.8 Å². The van der Waals surface area contributed by atoms with E-state index in [1.165, 1.54) is 50.1 Å². The minimum absolute atomic E-state index is 0.306. The predicted octanol–water partition coefficient (Wildman–Crippen LogP) is 14.1. The standard InChI is InChI=1S/C61H41N5/c1-60(2)54-31-39(37-62)24-27-50(54)51-28-25-42(35-55(51)60)44-32-45(34-46(33-44)59-65-57(40-15-6-3-7-16-40)64-58(66-59)41-17-8-4-9-18-41)43-26-29-52-49-22-12-13-23-53(49)61(56(52)36-43,47-19-10-5-11-20-47)48-21-14-30-63-38-48/h3-36,38H,1-2H3. The molecule has 1 atom stereocenters. The van der Waals surface area contributed by atoms with Gasteiger partial charge in [-0.1, -0.05) is 166 Å². The lowest BCUT2D eigenvalue weighted by Crippen LogP contribution is -2.28. The Kier molecular flexibility index (Phi) is 9.05. The number of pyridine rings is 1. The van der Waals surface area contributed by atoms with Crippen molar-refractivity contribution in [3.8, 4) is 84.7 Å². The Labute approximate surface area is 384 Å². The number of aromatic nitrogens is 4. The van der Waals surface area contributed by atoms with Crippen LogP contribution in [0, 0.1) is 11.3 Å². The summed E-state index contributed by atoms with van der Waals surface area (Å²) in [6, 6.07) is 73.1. The van der Waals surface area contributed by atoms with Gasteiger partial charge in [-0.25, -0.2) is 15.0 Å². The Balaban J connectivity index is 1.10. The molecular weight excluding hydrogens is 803 g/mol. The van der Waals surface area contributed by atoms with E-state index in [9.17, 15) is 5.26 Å². The zero-order valence-electron chi connectivity index (χ0n) is 36.4. The van der Waals surface area contributed by atoms with Crippen LogP contribution in [0.15, 0.2) is 213 Å². The zero-order valence-corrected chi connectivity index (χ0v) is 36.4. The molecule has 2 aliphatic carbocycles. The maximum absolute atomic E-state index is 9.83. The molecule has 0 saturated heterocycles. The Morgan fingerprint density at radius 1 is 0.379 bits per heavy atom. The summed E-state index contributed by atoms with van der Waals surface area (Å²) < 4.78 is 0. The summed E-state index contributed by atoms with van der Waals surface area (Å²) in [7, 11) is 0. The molecule has 0 saturated carbocycles. The normalized spacial score (nSPS) is 15.0. The summed E-state index contributed by atoms with van der Waals surface area (Å²) in [6.07, 6.45) is 3.87. The predicted molar refractivity (Wildman–Crippen MR) is 264 cm³/mol. The van der Waals surface area contributed by atoms with E-state index in [1.54, 1.807) is 0 Å². The fourth-order valence-corrected chi connectivity index (χ4v) is 10.5. The molecular formula is C61H41N5. The van der Waals surface area contributed by atoms with Gasteiger partial charge in [0.1, 0.15) is 0 Å². The van der Waals surface area contributed by atoms with E-state index in [-0.39, 0.29) is 5.41 Å². The van der Waals surface area contributed by atoms with Crippen molar-refractivity contribution in [3.05, 3.63) is 252 Å². The molecule has 2 aliphatic rings. The Hall–Kier alpha value is -8.59. The van der Waals surface area contributed by atoms with E-state index >= 15 is 0 Å². The number of benzene rings is 8. The summed E-state index contributed by atoms with van der Waals surface area (Å²) in [5, 5.41) is 9.83. The molecule has 0 spiro atoms. The minimum Gasteiger partial charge on any atom is -0.264 e. The third-order valence-electron chi connectivity index (χ3n) is 13.7. The van der Waals surface area contributed by atoms with Crippen molar-refractivity contribution in [2.45, 2.75) is 24.7 Å². The molecule has 0 amide bonds. The fourth-order valence-electron chi connectivity index (χ4n) is 10.5. The second-order valence-electron chi connectivity index (χ2n) is 17.8. The number of rotatable bonds is 7. The van der Waals surface area contributed by atoms with Gasteiger partial charge in [0.2, 0.25) is 0 Å². The largest absolute Gasteiger partial charge is 0.264 e. The second kappa shape index (κ2) is 15.3. The number of fused-ring (bicyclic) bond motifs is 6. The number of hydrogen-bond donors (Lipinski definition) is 0. The van der Waals surface area contributed by atoms with Gasteiger partial charge in [-0.15, -0.1) is 0 Å². The molecule has 0 radical (unpaired) electrons. The molecule has 1 unspecified atom stereocenters. The van der Waals surface area contributed by atoms with Crippen LogP contribution in [0.5, 0.6) is 0 Å². The van der Waals surface area contributed by atoms with Crippen LogP contribution in [0.4, 0.5) is 0 Å². The van der Waals surface area contributed by atoms with Gasteiger partial charge in [0, 0.05) is 34.5 Å². The summed E-state index contributed by atoms with van der Waals surface area (Å²) >= 11 is 0. The number of nitriles is 1. The van der Waals surface area contributed by atoms with Crippen molar-refractivity contribution >= 4 is 0 Å². The average molecular weight is 844 g/mol. The van der Waals surface area contributed by atoms with Gasteiger partial charge >= 0.3 is 0 Å². The second-order valence-corrected chi connectivity index (χ2v) is 17.8. The van der Waals surface area contributed by atoms with Crippen LogP contribution in [-0.2, 0) is 10.8 Å². The Bertz CT molecular complexity index is 3460. The van der Waals surface area contributed by atoms with Crippen LogP contribution in [0.2, 0.25) is 0 Å². The van der Waals surface area contributed by atoms with Gasteiger partial charge < -0.3 is 0 Å². The third-order valence-corrected chi connectivity index (χ3v) is 13.7. The number of nitrogens with zero attached hydrogens (tertiary/aromatic N) is 5. The molecule has 12 rings (SSSR count). The van der Waals surface area contributed by atoms with Gasteiger partial charge in [-0.05, 0) is 126 Å². The van der Waals surface area contributed by atoms with Gasteiger partial charge in [0.25, 0.3) is 0 Å². The van der Waals surface area contributed by atoms with Crippen LogP contribution < -0.4 is 0 Å². The molecule has 66 heavy (non-hydrogen) atoms.